The summed E-state index contributed by atoms with van der Waals surface area (Å²) in [4.78, 5) is 0.859. The zero-order valence-corrected chi connectivity index (χ0v) is 12.5. The van der Waals surface area contributed by atoms with Crippen molar-refractivity contribution in [2.24, 2.45) is 0 Å². The van der Waals surface area contributed by atoms with Gasteiger partial charge >= 0.3 is 6.18 Å². The van der Waals surface area contributed by atoms with Crippen LogP contribution in [0.1, 0.15) is 10.6 Å². The number of nitrogens with zero attached hydrogens (tertiary/aromatic N) is 2. The molecule has 5 nitrogen and oxygen atoms in total. The molecule has 0 unspecified atom stereocenters. The third kappa shape index (κ3) is 4.05. The molecule has 116 valence electrons. The fourth-order valence-corrected chi connectivity index (χ4v) is 3.91. The number of hydrogen-bond donors (Lipinski definition) is 1. The lowest BCUT2D eigenvalue weighted by atomic mass is 10.4. The first-order valence-electron chi connectivity index (χ1n) is 5.85. The molecular formula is C11H12F3N3O2S2. The number of thiophene rings is 1. The topological polar surface area (TPSA) is 64.0 Å². The van der Waals surface area contributed by atoms with Crippen molar-refractivity contribution >= 4 is 21.4 Å². The summed E-state index contributed by atoms with van der Waals surface area (Å²) in [6.45, 7) is 1.75. The highest BCUT2D eigenvalue weighted by molar-refractivity contribution is 7.91. The van der Waals surface area contributed by atoms with Crippen molar-refractivity contribution in [1.82, 2.24) is 14.5 Å². The molecule has 2 heterocycles. The molecule has 0 aromatic carbocycles. The van der Waals surface area contributed by atoms with Crippen LogP contribution in [0.5, 0.6) is 0 Å². The van der Waals surface area contributed by atoms with E-state index in [0.29, 0.717) is 0 Å². The molecule has 0 aliphatic heterocycles. The smallest absolute Gasteiger partial charge is 0.271 e. The van der Waals surface area contributed by atoms with Gasteiger partial charge in [0.25, 0.3) is 0 Å². The Labute approximate surface area is 123 Å². The fourth-order valence-electron chi connectivity index (χ4n) is 1.56. The van der Waals surface area contributed by atoms with E-state index in [-0.39, 0.29) is 17.3 Å². The van der Waals surface area contributed by atoms with Gasteiger partial charge in [-0.05, 0) is 25.1 Å². The third-order valence-electron chi connectivity index (χ3n) is 2.54. The van der Waals surface area contributed by atoms with Crippen LogP contribution in [0.2, 0.25) is 0 Å². The lowest BCUT2D eigenvalue weighted by Gasteiger charge is -2.05. The van der Waals surface area contributed by atoms with E-state index in [2.05, 4.69) is 9.82 Å². The molecule has 0 saturated carbocycles. The van der Waals surface area contributed by atoms with Crippen LogP contribution in [0.3, 0.4) is 0 Å². The van der Waals surface area contributed by atoms with Crippen molar-refractivity contribution in [2.75, 3.05) is 6.54 Å². The minimum absolute atomic E-state index is 0.0136. The van der Waals surface area contributed by atoms with Gasteiger partial charge < -0.3 is 0 Å². The summed E-state index contributed by atoms with van der Waals surface area (Å²) in [5, 5.41) is 3.34. The molecule has 2 aromatic heterocycles. The highest BCUT2D eigenvalue weighted by Gasteiger charge is 2.33. The Morgan fingerprint density at radius 1 is 1.33 bits per heavy atom. The number of halogens is 3. The summed E-state index contributed by atoms with van der Waals surface area (Å²) in [6, 6.07) is 4.01. The van der Waals surface area contributed by atoms with Crippen molar-refractivity contribution in [1.29, 1.82) is 0 Å². The molecule has 0 fully saturated rings. The van der Waals surface area contributed by atoms with Crippen molar-refractivity contribution in [2.45, 2.75) is 23.9 Å². The summed E-state index contributed by atoms with van der Waals surface area (Å²) in [7, 11) is -3.63. The van der Waals surface area contributed by atoms with Crippen LogP contribution in [0.4, 0.5) is 13.2 Å². The van der Waals surface area contributed by atoms with Crippen LogP contribution in [0.15, 0.2) is 28.6 Å². The zero-order valence-electron chi connectivity index (χ0n) is 10.9. The van der Waals surface area contributed by atoms with Gasteiger partial charge in [0.15, 0.2) is 5.69 Å². The molecule has 21 heavy (non-hydrogen) atoms. The van der Waals surface area contributed by atoms with E-state index >= 15 is 0 Å². The first-order chi connectivity index (χ1) is 9.68. The number of nitrogens with one attached hydrogen (secondary N) is 1. The van der Waals surface area contributed by atoms with E-state index in [4.69, 9.17) is 0 Å². The Hall–Kier alpha value is -1.39. The molecule has 0 atom stereocenters. The minimum Gasteiger partial charge on any atom is -0.271 e. The Morgan fingerprint density at radius 3 is 2.57 bits per heavy atom. The van der Waals surface area contributed by atoms with E-state index < -0.39 is 21.9 Å². The van der Waals surface area contributed by atoms with Crippen molar-refractivity contribution in [3.05, 3.63) is 35.0 Å². The van der Waals surface area contributed by atoms with Gasteiger partial charge in [-0.2, -0.15) is 18.3 Å². The molecule has 10 heteroatoms. The standard InChI is InChI=1S/C11H12F3N3O2S2/c1-8-2-3-10(20-8)21(18,19)15-5-7-17-6-4-9(16-17)11(12,13)14/h2-4,6,15H,5,7H2,1H3. The summed E-state index contributed by atoms with van der Waals surface area (Å²) >= 11 is 1.13. The summed E-state index contributed by atoms with van der Waals surface area (Å²) in [6.07, 6.45) is -3.34. The number of aryl methyl sites for hydroxylation is 1. The third-order valence-corrected chi connectivity index (χ3v) is 5.50. The highest BCUT2D eigenvalue weighted by atomic mass is 32.2. The predicted octanol–water partition coefficient (Wildman–Crippen LogP) is 2.25. The summed E-state index contributed by atoms with van der Waals surface area (Å²) < 4.78 is 64.4. The molecule has 0 spiro atoms. The summed E-state index contributed by atoms with van der Waals surface area (Å²) in [5.74, 6) is 0. The van der Waals surface area contributed by atoms with Crippen molar-refractivity contribution in [3.63, 3.8) is 0 Å². The van der Waals surface area contributed by atoms with Crippen LogP contribution in [0, 0.1) is 6.92 Å². The summed E-state index contributed by atoms with van der Waals surface area (Å²) in [5.41, 5.74) is -1.00. The minimum atomic E-state index is -4.50. The Kier molecular flexibility index (Phi) is 4.40. The Balaban J connectivity index is 1.94. The first-order valence-corrected chi connectivity index (χ1v) is 8.15. The largest absolute Gasteiger partial charge is 0.435 e. The lowest BCUT2D eigenvalue weighted by Crippen LogP contribution is -2.27. The molecule has 0 radical (unpaired) electrons. The molecule has 2 aromatic rings. The highest BCUT2D eigenvalue weighted by Crippen LogP contribution is 2.27. The molecule has 0 saturated heterocycles. The monoisotopic (exact) mass is 339 g/mol. The van der Waals surface area contributed by atoms with Gasteiger partial charge in [-0.25, -0.2) is 13.1 Å². The maximum absolute atomic E-state index is 12.4. The molecule has 0 aliphatic rings. The van der Waals surface area contributed by atoms with Crippen LogP contribution in [0.25, 0.3) is 0 Å². The van der Waals surface area contributed by atoms with Crippen LogP contribution in [-0.4, -0.2) is 24.7 Å². The van der Waals surface area contributed by atoms with E-state index in [9.17, 15) is 21.6 Å². The quantitative estimate of drug-likeness (QED) is 0.909. The number of sulfonamides is 1. The average molecular weight is 339 g/mol. The second-order valence-corrected chi connectivity index (χ2v) is 7.51. The van der Waals surface area contributed by atoms with Gasteiger partial charge in [-0.15, -0.1) is 11.3 Å². The van der Waals surface area contributed by atoms with Gasteiger partial charge in [0.05, 0.1) is 6.54 Å². The molecule has 2 rings (SSSR count). The normalized spacial score (nSPS) is 12.8. The van der Waals surface area contributed by atoms with Crippen LogP contribution in [-0.2, 0) is 22.7 Å². The molecular weight excluding hydrogens is 327 g/mol. The molecule has 0 bridgehead atoms. The number of hydrogen-bond acceptors (Lipinski definition) is 4. The number of aromatic nitrogens is 2. The first kappa shape index (κ1) is 16.0. The van der Waals surface area contributed by atoms with Gasteiger partial charge in [-0.3, -0.25) is 4.68 Å². The molecule has 1 N–H and O–H groups in total. The van der Waals surface area contributed by atoms with E-state index in [0.717, 1.165) is 33.2 Å². The van der Waals surface area contributed by atoms with E-state index in [1.165, 1.54) is 6.07 Å². The molecule has 0 amide bonds. The number of alkyl halides is 3. The number of rotatable bonds is 5. The Bertz CT molecular complexity index is 719. The SMILES string of the molecule is Cc1ccc(S(=O)(=O)NCCn2ccc(C(F)(F)F)n2)s1. The van der Waals surface area contributed by atoms with E-state index in [1.807, 2.05) is 0 Å². The van der Waals surface area contributed by atoms with Gasteiger partial charge in [0, 0.05) is 17.6 Å². The maximum atomic E-state index is 12.4. The van der Waals surface area contributed by atoms with Gasteiger partial charge in [-0.1, -0.05) is 0 Å². The average Bonchev–Trinajstić information content (AvgIpc) is 2.97. The molecule has 0 aliphatic carbocycles. The lowest BCUT2D eigenvalue weighted by molar-refractivity contribution is -0.141. The second-order valence-electron chi connectivity index (χ2n) is 4.22. The van der Waals surface area contributed by atoms with Gasteiger partial charge in [0.1, 0.15) is 4.21 Å². The Morgan fingerprint density at radius 2 is 2.05 bits per heavy atom. The predicted molar refractivity (Wildman–Crippen MR) is 71.5 cm³/mol. The van der Waals surface area contributed by atoms with Gasteiger partial charge in [0.2, 0.25) is 10.0 Å². The van der Waals surface area contributed by atoms with Crippen molar-refractivity contribution < 1.29 is 21.6 Å². The van der Waals surface area contributed by atoms with Crippen LogP contribution >= 0.6 is 11.3 Å². The zero-order chi connectivity index (χ0) is 15.7. The van der Waals surface area contributed by atoms with Crippen molar-refractivity contribution in [3.8, 4) is 0 Å². The van der Waals surface area contributed by atoms with E-state index in [1.54, 1.807) is 13.0 Å². The fraction of sp³-hybridized carbons (Fsp3) is 0.364. The van der Waals surface area contributed by atoms with Crippen LogP contribution < -0.4 is 4.72 Å². The maximum Gasteiger partial charge on any atom is 0.435 e. The second kappa shape index (κ2) is 5.78.